The summed E-state index contributed by atoms with van der Waals surface area (Å²) in [5.74, 6) is -0.674. The van der Waals surface area contributed by atoms with Gasteiger partial charge < -0.3 is 5.73 Å². The zero-order chi connectivity index (χ0) is 15.6. The molecule has 1 heterocycles. The SMILES string of the molecule is Nc1ncc(Br)cc1S(=O)(=O)NCc1ccc(F)c(Cl)c1. The summed E-state index contributed by atoms with van der Waals surface area (Å²) in [5, 5.41) is -0.0738. The zero-order valence-electron chi connectivity index (χ0n) is 10.5. The van der Waals surface area contributed by atoms with E-state index < -0.39 is 15.8 Å². The van der Waals surface area contributed by atoms with Crippen LogP contribution in [-0.4, -0.2) is 13.4 Å². The van der Waals surface area contributed by atoms with E-state index >= 15 is 0 Å². The lowest BCUT2D eigenvalue weighted by Gasteiger charge is -2.09. The number of nitrogens with zero attached hydrogens (tertiary/aromatic N) is 1. The van der Waals surface area contributed by atoms with E-state index in [4.69, 9.17) is 17.3 Å². The molecular weight excluding hydrogens is 385 g/mol. The first kappa shape index (κ1) is 16.2. The van der Waals surface area contributed by atoms with Gasteiger partial charge in [-0.1, -0.05) is 17.7 Å². The third-order valence-corrected chi connectivity index (χ3v) is 4.74. The van der Waals surface area contributed by atoms with Gasteiger partial charge in [0.05, 0.1) is 5.02 Å². The molecule has 0 aliphatic heterocycles. The van der Waals surface area contributed by atoms with Crippen molar-refractivity contribution in [1.82, 2.24) is 9.71 Å². The predicted octanol–water partition coefficient (Wildman–Crippen LogP) is 2.70. The van der Waals surface area contributed by atoms with E-state index in [-0.39, 0.29) is 22.3 Å². The van der Waals surface area contributed by atoms with Crippen LogP contribution in [-0.2, 0) is 16.6 Å². The maximum Gasteiger partial charge on any atom is 0.244 e. The summed E-state index contributed by atoms with van der Waals surface area (Å²) in [6.07, 6.45) is 1.40. The highest BCUT2D eigenvalue weighted by Crippen LogP contribution is 2.21. The fourth-order valence-electron chi connectivity index (χ4n) is 1.55. The molecule has 0 amide bonds. The van der Waals surface area contributed by atoms with Crippen LogP contribution in [0.5, 0.6) is 0 Å². The highest BCUT2D eigenvalue weighted by atomic mass is 79.9. The van der Waals surface area contributed by atoms with Gasteiger partial charge in [0.1, 0.15) is 16.5 Å². The van der Waals surface area contributed by atoms with Gasteiger partial charge in [-0.25, -0.2) is 22.5 Å². The molecule has 0 radical (unpaired) electrons. The monoisotopic (exact) mass is 393 g/mol. The molecule has 0 spiro atoms. The van der Waals surface area contributed by atoms with Crippen molar-refractivity contribution in [2.75, 3.05) is 5.73 Å². The second-order valence-corrected chi connectivity index (χ2v) is 7.17. The Hall–Kier alpha value is -1.22. The van der Waals surface area contributed by atoms with Gasteiger partial charge >= 0.3 is 0 Å². The first-order chi connectivity index (χ1) is 9.79. The van der Waals surface area contributed by atoms with Crippen LogP contribution in [0.25, 0.3) is 0 Å². The van der Waals surface area contributed by atoms with Crippen molar-refractivity contribution in [2.24, 2.45) is 0 Å². The third-order valence-electron chi connectivity index (χ3n) is 2.59. The highest BCUT2D eigenvalue weighted by molar-refractivity contribution is 9.10. The van der Waals surface area contributed by atoms with Gasteiger partial charge in [-0.2, -0.15) is 0 Å². The lowest BCUT2D eigenvalue weighted by molar-refractivity contribution is 0.581. The Kier molecular flexibility index (Phi) is 4.82. The second-order valence-electron chi connectivity index (χ2n) is 4.11. The lowest BCUT2D eigenvalue weighted by atomic mass is 10.2. The van der Waals surface area contributed by atoms with Crippen LogP contribution in [0, 0.1) is 5.82 Å². The lowest BCUT2D eigenvalue weighted by Crippen LogP contribution is -2.24. The van der Waals surface area contributed by atoms with Crippen LogP contribution in [0.3, 0.4) is 0 Å². The molecule has 0 aliphatic carbocycles. The maximum atomic E-state index is 13.0. The van der Waals surface area contributed by atoms with Crippen molar-refractivity contribution >= 4 is 43.4 Å². The van der Waals surface area contributed by atoms with Crippen molar-refractivity contribution in [3.8, 4) is 0 Å². The van der Waals surface area contributed by atoms with Crippen molar-refractivity contribution in [3.63, 3.8) is 0 Å². The Labute approximate surface area is 134 Å². The average Bonchev–Trinajstić information content (AvgIpc) is 2.43. The summed E-state index contributed by atoms with van der Waals surface area (Å²) in [7, 11) is -3.84. The number of sulfonamides is 1. The molecule has 1 aromatic carbocycles. The van der Waals surface area contributed by atoms with Gasteiger partial charge in [0, 0.05) is 17.2 Å². The summed E-state index contributed by atoms with van der Waals surface area (Å²) in [6.45, 7) is -0.0473. The van der Waals surface area contributed by atoms with Gasteiger partial charge in [-0.15, -0.1) is 0 Å². The molecule has 1 aromatic heterocycles. The number of hydrogen-bond donors (Lipinski definition) is 2. The number of nitrogens with two attached hydrogens (primary N) is 1. The Morgan fingerprint density at radius 1 is 1.38 bits per heavy atom. The fraction of sp³-hybridized carbons (Fsp3) is 0.0833. The zero-order valence-corrected chi connectivity index (χ0v) is 13.6. The molecule has 0 saturated carbocycles. The Bertz CT molecular complexity index is 786. The number of anilines is 1. The fourth-order valence-corrected chi connectivity index (χ4v) is 3.36. The maximum absolute atomic E-state index is 13.0. The van der Waals surface area contributed by atoms with Gasteiger partial charge in [-0.3, -0.25) is 0 Å². The summed E-state index contributed by atoms with van der Waals surface area (Å²) in [6, 6.07) is 5.30. The largest absolute Gasteiger partial charge is 0.383 e. The number of nitrogens with one attached hydrogen (secondary N) is 1. The third kappa shape index (κ3) is 3.91. The summed E-state index contributed by atoms with van der Waals surface area (Å²) < 4.78 is 40.2. The smallest absolute Gasteiger partial charge is 0.244 e. The van der Waals surface area contributed by atoms with Crippen molar-refractivity contribution < 1.29 is 12.8 Å². The minimum Gasteiger partial charge on any atom is -0.383 e. The number of rotatable bonds is 4. The summed E-state index contributed by atoms with van der Waals surface area (Å²) >= 11 is 8.77. The van der Waals surface area contributed by atoms with Gasteiger partial charge in [0.2, 0.25) is 10.0 Å². The van der Waals surface area contributed by atoms with E-state index in [0.29, 0.717) is 10.0 Å². The van der Waals surface area contributed by atoms with Crippen LogP contribution in [0.15, 0.2) is 39.8 Å². The van der Waals surface area contributed by atoms with Gasteiger partial charge in [-0.05, 0) is 39.7 Å². The molecule has 0 atom stereocenters. The van der Waals surface area contributed by atoms with Crippen LogP contribution in [0.4, 0.5) is 10.2 Å². The molecule has 9 heteroatoms. The molecule has 21 heavy (non-hydrogen) atoms. The van der Waals surface area contributed by atoms with Gasteiger partial charge in [0.15, 0.2) is 0 Å². The van der Waals surface area contributed by atoms with Crippen LogP contribution >= 0.6 is 27.5 Å². The number of aromatic nitrogens is 1. The molecule has 3 N–H and O–H groups in total. The molecule has 0 unspecified atom stereocenters. The quantitative estimate of drug-likeness (QED) is 0.835. The van der Waals surface area contributed by atoms with Gasteiger partial charge in [0.25, 0.3) is 0 Å². The molecule has 0 saturated heterocycles. The average molecular weight is 395 g/mol. The molecule has 2 rings (SSSR count). The molecule has 5 nitrogen and oxygen atoms in total. The Morgan fingerprint density at radius 3 is 2.76 bits per heavy atom. The first-order valence-corrected chi connectivity index (χ1v) is 8.29. The number of benzene rings is 1. The minimum atomic E-state index is -3.84. The highest BCUT2D eigenvalue weighted by Gasteiger charge is 2.18. The summed E-state index contributed by atoms with van der Waals surface area (Å²) in [4.78, 5) is 3.63. The normalized spacial score (nSPS) is 11.6. The minimum absolute atomic E-state index is 0.0473. The number of hydrogen-bond acceptors (Lipinski definition) is 4. The van der Waals surface area contributed by atoms with Crippen LogP contribution in [0.2, 0.25) is 5.02 Å². The molecule has 0 aliphatic rings. The van der Waals surface area contributed by atoms with Crippen molar-refractivity contribution in [3.05, 3.63) is 51.3 Å². The van der Waals surface area contributed by atoms with Crippen molar-refractivity contribution in [1.29, 1.82) is 0 Å². The molecular formula is C12H10BrClFN3O2S. The van der Waals surface area contributed by atoms with Crippen LogP contribution in [0.1, 0.15) is 5.56 Å². The Balaban J connectivity index is 2.21. The number of halogens is 3. The van der Waals surface area contributed by atoms with E-state index in [1.54, 1.807) is 0 Å². The standard InChI is InChI=1S/C12H10BrClFN3O2S/c13-8-4-11(12(16)17-6-8)21(19,20)18-5-7-1-2-10(15)9(14)3-7/h1-4,6,18H,5H2,(H2,16,17). The second kappa shape index (κ2) is 6.27. The predicted molar refractivity (Wildman–Crippen MR) is 81.8 cm³/mol. The topological polar surface area (TPSA) is 85.1 Å². The van der Waals surface area contributed by atoms with Crippen LogP contribution < -0.4 is 10.5 Å². The van der Waals surface area contributed by atoms with E-state index in [2.05, 4.69) is 25.6 Å². The number of nitrogen functional groups attached to an aromatic ring is 1. The van der Waals surface area contributed by atoms with E-state index in [0.717, 1.165) is 0 Å². The van der Waals surface area contributed by atoms with E-state index in [9.17, 15) is 12.8 Å². The van der Waals surface area contributed by atoms with Crippen molar-refractivity contribution in [2.45, 2.75) is 11.4 Å². The molecule has 0 bridgehead atoms. The molecule has 112 valence electrons. The number of pyridine rings is 1. The Morgan fingerprint density at radius 2 is 2.10 bits per heavy atom. The molecule has 2 aromatic rings. The first-order valence-electron chi connectivity index (χ1n) is 5.64. The summed E-state index contributed by atoms with van der Waals surface area (Å²) in [5.41, 5.74) is 6.09. The van der Waals surface area contributed by atoms with E-state index in [1.165, 1.54) is 30.5 Å². The molecule has 0 fully saturated rings. The van der Waals surface area contributed by atoms with E-state index in [1.807, 2.05) is 0 Å².